The van der Waals surface area contributed by atoms with E-state index in [1.165, 1.54) is 6.20 Å². The molecule has 3 N–H and O–H groups in total. The lowest BCUT2D eigenvalue weighted by Gasteiger charge is -2.08. The summed E-state index contributed by atoms with van der Waals surface area (Å²) in [6.07, 6.45) is 5.14. The molecule has 6 nitrogen and oxygen atoms in total. The van der Waals surface area contributed by atoms with E-state index in [1.54, 1.807) is 20.0 Å². The van der Waals surface area contributed by atoms with E-state index in [-0.39, 0.29) is 12.0 Å². The summed E-state index contributed by atoms with van der Waals surface area (Å²) in [5.74, 6) is 5.91. The van der Waals surface area contributed by atoms with E-state index in [2.05, 4.69) is 40.6 Å². The Morgan fingerprint density at radius 1 is 1.27 bits per heavy atom. The molecule has 0 aliphatic carbocycles. The first-order valence-electron chi connectivity index (χ1n) is 8.20. The van der Waals surface area contributed by atoms with Gasteiger partial charge in [0.2, 0.25) is 5.95 Å². The second kappa shape index (κ2) is 6.60. The smallest absolute Gasteiger partial charge is 0.220 e. The van der Waals surface area contributed by atoms with Crippen LogP contribution in [-0.4, -0.2) is 30.2 Å². The molecule has 7 heteroatoms. The Hall–Kier alpha value is -2.62. The maximum Gasteiger partial charge on any atom is 0.220 e. The Balaban J connectivity index is 2.27. The highest BCUT2D eigenvalue weighted by molar-refractivity contribution is 6.33. The van der Waals surface area contributed by atoms with Crippen molar-refractivity contribution < 1.29 is 5.11 Å². The topological polar surface area (TPSA) is 89.9 Å². The number of rotatable bonds is 2. The zero-order chi connectivity index (χ0) is 19.1. The van der Waals surface area contributed by atoms with Crippen LogP contribution in [0.3, 0.4) is 0 Å². The lowest BCUT2D eigenvalue weighted by molar-refractivity contribution is 0.143. The average molecular weight is 370 g/mol. The van der Waals surface area contributed by atoms with Gasteiger partial charge in [0.25, 0.3) is 0 Å². The summed E-state index contributed by atoms with van der Waals surface area (Å²) in [6.45, 7) is 7.41. The quantitative estimate of drug-likeness (QED) is 0.675. The Bertz CT molecular complexity index is 1040. The van der Waals surface area contributed by atoms with E-state index in [4.69, 9.17) is 17.3 Å². The second-order valence-corrected chi connectivity index (χ2v) is 7.28. The highest BCUT2D eigenvalue weighted by atomic mass is 35.5. The van der Waals surface area contributed by atoms with Crippen molar-refractivity contribution in [2.45, 2.75) is 39.3 Å². The average Bonchev–Trinajstić information content (AvgIpc) is 2.93. The molecule has 0 aromatic carbocycles. The number of aromatic nitrogens is 4. The summed E-state index contributed by atoms with van der Waals surface area (Å²) in [7, 11) is 0. The van der Waals surface area contributed by atoms with E-state index >= 15 is 0 Å². The first-order chi connectivity index (χ1) is 12.2. The number of nitrogens with two attached hydrogens (primary N) is 1. The van der Waals surface area contributed by atoms with Gasteiger partial charge in [0, 0.05) is 34.9 Å². The third-order valence-electron chi connectivity index (χ3n) is 3.76. The molecular formula is C19H20ClN5O. The number of fused-ring (bicyclic) bond motifs is 1. The Morgan fingerprint density at radius 2 is 2.00 bits per heavy atom. The summed E-state index contributed by atoms with van der Waals surface area (Å²) in [5, 5.41) is 11.1. The molecule has 0 saturated carbocycles. The molecule has 0 bridgehead atoms. The minimum Gasteiger partial charge on any atom is -0.378 e. The molecular weight excluding hydrogens is 350 g/mol. The van der Waals surface area contributed by atoms with Crippen LogP contribution < -0.4 is 5.73 Å². The first kappa shape index (κ1) is 18.2. The van der Waals surface area contributed by atoms with Crippen LogP contribution in [0, 0.1) is 11.8 Å². The largest absolute Gasteiger partial charge is 0.378 e. The summed E-state index contributed by atoms with van der Waals surface area (Å²) in [6, 6.07) is 2.12. The number of anilines is 1. The third-order valence-corrected chi connectivity index (χ3v) is 4.03. The molecule has 0 unspecified atom stereocenters. The molecule has 3 rings (SSSR count). The van der Waals surface area contributed by atoms with Crippen molar-refractivity contribution >= 4 is 28.6 Å². The fraction of sp³-hybridized carbons (Fsp3) is 0.316. The molecule has 0 amide bonds. The lowest BCUT2D eigenvalue weighted by atomic mass is 10.1. The molecule has 26 heavy (non-hydrogen) atoms. The van der Waals surface area contributed by atoms with E-state index in [0.29, 0.717) is 16.3 Å². The lowest BCUT2D eigenvalue weighted by Crippen LogP contribution is -2.14. The zero-order valence-corrected chi connectivity index (χ0v) is 15.8. The summed E-state index contributed by atoms with van der Waals surface area (Å²) in [4.78, 5) is 12.8. The van der Waals surface area contributed by atoms with Gasteiger partial charge in [-0.2, -0.15) is 0 Å². The van der Waals surface area contributed by atoms with Crippen LogP contribution in [0.2, 0.25) is 5.02 Å². The standard InChI is InChI=1S/C19H20ClN5O/c1-11(2)25-10-14(16-15(20)9-23-18(21)24-16)13-7-12(8-22-17(13)25)5-6-19(3,4)26/h7-11,26H,1-4H3,(H2,21,23,24). The van der Waals surface area contributed by atoms with E-state index in [0.717, 1.165) is 16.6 Å². The summed E-state index contributed by atoms with van der Waals surface area (Å²) < 4.78 is 2.05. The molecule has 3 aromatic rings. The SMILES string of the molecule is CC(C)n1cc(-c2nc(N)ncc2Cl)c2cc(C#CC(C)(C)O)cnc21. The predicted octanol–water partition coefficient (Wildman–Crippen LogP) is 3.43. The van der Waals surface area contributed by atoms with Gasteiger partial charge in [0.15, 0.2) is 0 Å². The maximum absolute atomic E-state index is 9.82. The van der Waals surface area contributed by atoms with Crippen molar-refractivity contribution in [2.24, 2.45) is 0 Å². The highest BCUT2D eigenvalue weighted by Gasteiger charge is 2.17. The number of hydrogen-bond donors (Lipinski definition) is 2. The highest BCUT2D eigenvalue weighted by Crippen LogP contribution is 2.34. The Labute approximate surface area is 157 Å². The van der Waals surface area contributed by atoms with Gasteiger partial charge in [0.05, 0.1) is 16.9 Å². The van der Waals surface area contributed by atoms with Gasteiger partial charge in [-0.1, -0.05) is 23.4 Å². The summed E-state index contributed by atoms with van der Waals surface area (Å²) in [5.41, 5.74) is 7.53. The monoisotopic (exact) mass is 369 g/mol. The van der Waals surface area contributed by atoms with Crippen molar-refractivity contribution in [3.8, 4) is 23.1 Å². The van der Waals surface area contributed by atoms with E-state index in [1.807, 2.05) is 16.8 Å². The van der Waals surface area contributed by atoms with Crippen LogP contribution in [0.15, 0.2) is 24.7 Å². The summed E-state index contributed by atoms with van der Waals surface area (Å²) >= 11 is 6.31. The number of hydrogen-bond acceptors (Lipinski definition) is 5. The Morgan fingerprint density at radius 3 is 2.65 bits per heavy atom. The number of nitrogen functional groups attached to an aromatic ring is 1. The Kier molecular flexibility index (Phi) is 4.61. The van der Waals surface area contributed by atoms with Gasteiger partial charge in [-0.05, 0) is 33.8 Å². The van der Waals surface area contributed by atoms with Gasteiger partial charge in [0.1, 0.15) is 11.2 Å². The van der Waals surface area contributed by atoms with Gasteiger partial charge < -0.3 is 15.4 Å². The van der Waals surface area contributed by atoms with Gasteiger partial charge in [-0.25, -0.2) is 15.0 Å². The van der Waals surface area contributed by atoms with Crippen LogP contribution in [0.4, 0.5) is 5.95 Å². The molecule has 0 fully saturated rings. The zero-order valence-electron chi connectivity index (χ0n) is 15.1. The molecule has 0 radical (unpaired) electrons. The minimum absolute atomic E-state index is 0.154. The second-order valence-electron chi connectivity index (χ2n) is 6.87. The van der Waals surface area contributed by atoms with Gasteiger partial charge in [-0.15, -0.1) is 0 Å². The number of nitrogens with zero attached hydrogens (tertiary/aromatic N) is 4. The number of aliphatic hydroxyl groups is 1. The minimum atomic E-state index is -1.08. The van der Waals surface area contributed by atoms with Crippen molar-refractivity contribution in [1.29, 1.82) is 0 Å². The number of halogens is 1. The normalized spacial score (nSPS) is 11.7. The third kappa shape index (κ3) is 3.64. The van der Waals surface area contributed by atoms with Crippen LogP contribution >= 0.6 is 11.6 Å². The predicted molar refractivity (Wildman–Crippen MR) is 104 cm³/mol. The van der Waals surface area contributed by atoms with Crippen LogP contribution in [0.5, 0.6) is 0 Å². The first-order valence-corrected chi connectivity index (χ1v) is 8.58. The molecule has 3 heterocycles. The van der Waals surface area contributed by atoms with Crippen molar-refractivity contribution in [3.05, 3.63) is 35.2 Å². The van der Waals surface area contributed by atoms with Crippen LogP contribution in [-0.2, 0) is 0 Å². The van der Waals surface area contributed by atoms with Crippen molar-refractivity contribution in [3.63, 3.8) is 0 Å². The van der Waals surface area contributed by atoms with E-state index < -0.39 is 5.60 Å². The van der Waals surface area contributed by atoms with Gasteiger partial charge in [-0.3, -0.25) is 0 Å². The molecule has 0 atom stereocenters. The maximum atomic E-state index is 9.82. The molecule has 0 aliphatic heterocycles. The molecule has 0 aliphatic rings. The molecule has 0 saturated heterocycles. The molecule has 134 valence electrons. The fourth-order valence-corrected chi connectivity index (χ4v) is 2.77. The van der Waals surface area contributed by atoms with Crippen molar-refractivity contribution in [2.75, 3.05) is 5.73 Å². The van der Waals surface area contributed by atoms with Crippen LogP contribution in [0.25, 0.3) is 22.3 Å². The van der Waals surface area contributed by atoms with Gasteiger partial charge >= 0.3 is 0 Å². The van der Waals surface area contributed by atoms with Crippen LogP contribution in [0.1, 0.15) is 39.3 Å². The van der Waals surface area contributed by atoms with Crippen molar-refractivity contribution in [1.82, 2.24) is 19.5 Å². The van der Waals surface area contributed by atoms with E-state index in [9.17, 15) is 5.11 Å². The molecule has 3 aromatic heterocycles. The fourth-order valence-electron chi connectivity index (χ4n) is 2.58. The molecule has 0 spiro atoms. The number of pyridine rings is 1.